The number of imidazole rings is 1. The van der Waals surface area contributed by atoms with E-state index in [9.17, 15) is 24.0 Å². The van der Waals surface area contributed by atoms with Crippen LogP contribution in [0, 0.1) is 6.92 Å². The molecule has 0 radical (unpaired) electrons. The Balaban J connectivity index is 0.776. The number of hydrogen-bond acceptors (Lipinski definition) is 12. The normalized spacial score (nSPS) is 20.9. The molecule has 56 heavy (non-hydrogen) atoms. The minimum absolute atomic E-state index is 0.0601. The minimum atomic E-state index is -0.986. The Bertz CT molecular complexity index is 2400. The third-order valence-corrected chi connectivity index (χ3v) is 11.2. The summed E-state index contributed by atoms with van der Waals surface area (Å²) in [6.07, 6.45) is 5.11. The van der Waals surface area contributed by atoms with Crippen molar-refractivity contribution in [3.63, 3.8) is 0 Å². The van der Waals surface area contributed by atoms with Crippen LogP contribution in [0.2, 0.25) is 0 Å². The molecule has 6 heterocycles. The lowest BCUT2D eigenvalue weighted by molar-refractivity contribution is -0.136. The van der Waals surface area contributed by atoms with Gasteiger partial charge in [0.05, 0.1) is 17.5 Å². The zero-order valence-electron chi connectivity index (χ0n) is 30.6. The van der Waals surface area contributed by atoms with Crippen molar-refractivity contribution in [1.29, 1.82) is 0 Å². The van der Waals surface area contributed by atoms with E-state index in [-0.39, 0.29) is 42.0 Å². The number of benzene rings is 2. The van der Waals surface area contributed by atoms with Crippen molar-refractivity contribution in [1.82, 2.24) is 40.0 Å². The molecule has 5 amide bonds. The van der Waals surface area contributed by atoms with Crippen LogP contribution < -0.4 is 25.8 Å². The van der Waals surface area contributed by atoms with Gasteiger partial charge in [0.25, 0.3) is 17.7 Å². The fourth-order valence-electron chi connectivity index (χ4n) is 8.00. The van der Waals surface area contributed by atoms with Gasteiger partial charge in [-0.1, -0.05) is 18.2 Å². The number of piperazine rings is 1. The zero-order valence-corrected chi connectivity index (χ0v) is 30.6. The van der Waals surface area contributed by atoms with E-state index in [1.165, 1.54) is 0 Å². The summed E-state index contributed by atoms with van der Waals surface area (Å²) in [6, 6.07) is 18.3. The maximum atomic E-state index is 13.3. The molecular formula is C40H39N11O5. The highest BCUT2D eigenvalue weighted by atomic mass is 16.2. The fourth-order valence-corrected chi connectivity index (χ4v) is 8.00. The van der Waals surface area contributed by atoms with Crippen LogP contribution in [0.15, 0.2) is 73.3 Å². The first-order valence-corrected chi connectivity index (χ1v) is 18.8. The van der Waals surface area contributed by atoms with Crippen molar-refractivity contribution < 1.29 is 24.0 Å². The first kappa shape index (κ1) is 35.0. The Morgan fingerprint density at radius 3 is 2.34 bits per heavy atom. The van der Waals surface area contributed by atoms with Crippen LogP contribution in [-0.2, 0) is 16.1 Å². The number of carbonyl (C=O) groups is 5. The molecule has 2 saturated heterocycles. The molecule has 4 aliphatic rings. The number of nitrogens with one attached hydrogen (secondary N) is 3. The Morgan fingerprint density at radius 2 is 1.59 bits per heavy atom. The molecule has 9 rings (SSSR count). The average molecular weight is 754 g/mol. The Hall–Kier alpha value is -6.71. The fraction of sp³-hybridized carbons (Fsp3) is 0.325. The lowest BCUT2D eigenvalue weighted by atomic mass is 9.86. The van der Waals surface area contributed by atoms with E-state index in [1.807, 2.05) is 25.1 Å². The molecule has 1 unspecified atom stereocenters. The van der Waals surface area contributed by atoms with Crippen molar-refractivity contribution in [3.8, 4) is 0 Å². The van der Waals surface area contributed by atoms with Crippen molar-refractivity contribution in [2.45, 2.75) is 57.3 Å². The lowest BCUT2D eigenvalue weighted by Gasteiger charge is -2.37. The summed E-state index contributed by atoms with van der Waals surface area (Å²) in [5.41, 5.74) is 6.28. The van der Waals surface area contributed by atoms with Gasteiger partial charge in [0.2, 0.25) is 11.8 Å². The highest BCUT2D eigenvalue weighted by Gasteiger charge is 2.45. The van der Waals surface area contributed by atoms with Crippen molar-refractivity contribution in [3.05, 3.63) is 101 Å². The summed E-state index contributed by atoms with van der Waals surface area (Å²) >= 11 is 0. The SMILES string of the molecule is Cc1cccc(C(=O)NC2CC(n3cnc4c(NCc5ccc(N6CCN(c7ccc8c(c7)C(=O)N(C7CCC(=O)NC7=O)C8=O)CC6)cc5)ncnc43)C2)n1. The zero-order chi connectivity index (χ0) is 38.5. The van der Waals surface area contributed by atoms with Gasteiger partial charge in [-0.2, -0.15) is 0 Å². The summed E-state index contributed by atoms with van der Waals surface area (Å²) in [7, 11) is 0. The number of anilines is 3. The predicted molar refractivity (Wildman–Crippen MR) is 205 cm³/mol. The summed E-state index contributed by atoms with van der Waals surface area (Å²) in [4.78, 5) is 86.6. The number of nitrogens with zero attached hydrogens (tertiary/aromatic N) is 8. The molecule has 284 valence electrons. The van der Waals surface area contributed by atoms with Gasteiger partial charge in [-0.05, 0) is 74.2 Å². The third-order valence-electron chi connectivity index (χ3n) is 11.2. The molecular weight excluding hydrogens is 715 g/mol. The van der Waals surface area contributed by atoms with Gasteiger partial charge in [0.1, 0.15) is 23.6 Å². The molecule has 3 aliphatic heterocycles. The number of aromatic nitrogens is 5. The minimum Gasteiger partial charge on any atom is -0.368 e. The second kappa shape index (κ2) is 14.2. The number of amides is 5. The van der Waals surface area contributed by atoms with E-state index in [1.54, 1.807) is 30.9 Å². The number of imide groups is 2. The number of carbonyl (C=O) groups excluding carboxylic acids is 5. The van der Waals surface area contributed by atoms with E-state index in [2.05, 4.69) is 74.5 Å². The monoisotopic (exact) mass is 753 g/mol. The first-order valence-electron chi connectivity index (χ1n) is 18.8. The van der Waals surface area contributed by atoms with E-state index in [4.69, 9.17) is 0 Å². The molecule has 1 aliphatic carbocycles. The Kier molecular flexibility index (Phi) is 8.86. The van der Waals surface area contributed by atoms with Crippen LogP contribution in [0.25, 0.3) is 11.2 Å². The van der Waals surface area contributed by atoms with Gasteiger partial charge in [-0.15, -0.1) is 0 Å². The standard InChI is InChI=1S/C40H39N11O5/c1-23-3-2-4-31(45-23)37(53)46-25-17-28(18-25)50-22-44-34-35(42-21-43-36(34)50)41-20-24-5-7-26(8-6-24)48-13-15-49(16-14-48)27-9-10-29-30(19-27)40(56)51(39(29)55)32-11-12-33(52)47-38(32)54/h2-10,19,21-22,25,28,32H,11-18,20H2,1H3,(H,46,53)(H,41,42,43)(H,47,52,54). The second-order valence-electron chi connectivity index (χ2n) is 14.7. The van der Waals surface area contributed by atoms with Crippen LogP contribution in [0.1, 0.15) is 74.2 Å². The van der Waals surface area contributed by atoms with Crippen LogP contribution in [0.3, 0.4) is 0 Å². The van der Waals surface area contributed by atoms with Gasteiger partial charge in [0, 0.05) is 68.3 Å². The van der Waals surface area contributed by atoms with E-state index >= 15 is 0 Å². The molecule has 16 heteroatoms. The highest BCUT2D eigenvalue weighted by molar-refractivity contribution is 6.23. The predicted octanol–water partition coefficient (Wildman–Crippen LogP) is 3.00. The van der Waals surface area contributed by atoms with Crippen LogP contribution in [0.5, 0.6) is 0 Å². The summed E-state index contributed by atoms with van der Waals surface area (Å²) in [5, 5.41) is 8.75. The number of rotatable bonds is 9. The summed E-state index contributed by atoms with van der Waals surface area (Å²) in [5.74, 6) is -1.53. The second-order valence-corrected chi connectivity index (χ2v) is 14.7. The van der Waals surface area contributed by atoms with Gasteiger partial charge in [-0.25, -0.2) is 19.9 Å². The number of pyridine rings is 1. The van der Waals surface area contributed by atoms with Crippen LogP contribution in [0.4, 0.5) is 17.2 Å². The van der Waals surface area contributed by atoms with Crippen LogP contribution in [-0.4, -0.2) is 97.2 Å². The number of aryl methyl sites for hydroxylation is 1. The quantitative estimate of drug-likeness (QED) is 0.187. The van der Waals surface area contributed by atoms with E-state index < -0.39 is 29.7 Å². The molecule has 0 bridgehead atoms. The van der Waals surface area contributed by atoms with Gasteiger partial charge in [-0.3, -0.25) is 34.2 Å². The maximum absolute atomic E-state index is 13.3. The molecule has 3 fully saturated rings. The summed E-state index contributed by atoms with van der Waals surface area (Å²) < 4.78 is 2.06. The van der Waals surface area contributed by atoms with Crippen molar-refractivity contribution in [2.75, 3.05) is 41.3 Å². The summed E-state index contributed by atoms with van der Waals surface area (Å²) in [6.45, 7) is 5.40. The van der Waals surface area contributed by atoms with Crippen molar-refractivity contribution in [2.24, 2.45) is 0 Å². The molecule has 3 N–H and O–H groups in total. The Labute approximate surface area is 321 Å². The topological polar surface area (TPSA) is 188 Å². The number of hydrogen-bond donors (Lipinski definition) is 3. The third kappa shape index (κ3) is 6.46. The van der Waals surface area contributed by atoms with E-state index in [0.717, 1.165) is 72.2 Å². The maximum Gasteiger partial charge on any atom is 0.270 e. The van der Waals surface area contributed by atoms with E-state index in [0.29, 0.717) is 23.6 Å². The van der Waals surface area contributed by atoms with Crippen molar-refractivity contribution >= 4 is 57.9 Å². The van der Waals surface area contributed by atoms with Gasteiger partial charge >= 0.3 is 0 Å². The molecule has 3 aromatic heterocycles. The molecule has 1 atom stereocenters. The Morgan fingerprint density at radius 1 is 0.857 bits per heavy atom. The largest absolute Gasteiger partial charge is 0.368 e. The molecule has 5 aromatic rings. The molecule has 0 spiro atoms. The van der Waals surface area contributed by atoms with Gasteiger partial charge in [0.15, 0.2) is 11.5 Å². The first-order chi connectivity index (χ1) is 27.2. The molecule has 16 nitrogen and oxygen atoms in total. The van der Waals surface area contributed by atoms with Crippen LogP contribution >= 0.6 is 0 Å². The molecule has 1 saturated carbocycles. The average Bonchev–Trinajstić information content (AvgIpc) is 3.73. The lowest BCUT2D eigenvalue weighted by Crippen LogP contribution is -2.54. The van der Waals surface area contributed by atoms with Gasteiger partial charge < -0.3 is 25.0 Å². The number of piperidine rings is 1. The number of fused-ring (bicyclic) bond motifs is 2. The molecule has 2 aromatic carbocycles. The highest BCUT2D eigenvalue weighted by Crippen LogP contribution is 2.35. The smallest absolute Gasteiger partial charge is 0.270 e.